The molecule has 1 saturated heterocycles. The van der Waals surface area contributed by atoms with Crippen molar-refractivity contribution in [2.24, 2.45) is 36.5 Å². The molecule has 7 rings (SSSR count). The smallest absolute Gasteiger partial charge is 0.329 e. The molecule has 4 aromatic rings. The van der Waals surface area contributed by atoms with Gasteiger partial charge in [0.2, 0.25) is 17.7 Å². The molecule has 4 atom stereocenters. The lowest BCUT2D eigenvalue weighted by atomic mass is 9.82. The number of hydrogen-bond acceptors (Lipinski definition) is 10. The summed E-state index contributed by atoms with van der Waals surface area (Å²) in [5, 5.41) is 3.62. The maximum atomic E-state index is 14.5. The topological polar surface area (TPSA) is 177 Å². The average Bonchev–Trinajstić information content (AvgIpc) is 3.70. The summed E-state index contributed by atoms with van der Waals surface area (Å²) in [5.74, 6) is 5.79. The lowest BCUT2D eigenvalue weighted by Crippen LogP contribution is -2.44. The zero-order valence-electron chi connectivity index (χ0n) is 36.8. The first-order valence-electron chi connectivity index (χ1n) is 22.3. The Morgan fingerprint density at radius 2 is 1.84 bits per heavy atom. The van der Waals surface area contributed by atoms with Crippen molar-refractivity contribution in [1.82, 2.24) is 24.3 Å². The van der Waals surface area contributed by atoms with Gasteiger partial charge in [-0.05, 0) is 94.5 Å². The number of rotatable bonds is 17. The molecule has 15 heteroatoms. The number of benzene rings is 2. The number of pyridine rings is 1. The quantitative estimate of drug-likeness (QED) is 0.0791. The van der Waals surface area contributed by atoms with Crippen molar-refractivity contribution in [2.75, 3.05) is 47.1 Å². The monoisotopic (exact) mass is 866 g/mol. The fourth-order valence-electron chi connectivity index (χ4n) is 9.78. The second-order valence-corrected chi connectivity index (χ2v) is 17.4. The van der Waals surface area contributed by atoms with Gasteiger partial charge in [-0.1, -0.05) is 30.9 Å². The third-order valence-electron chi connectivity index (χ3n) is 13.2. The van der Waals surface area contributed by atoms with Gasteiger partial charge in [0.05, 0.1) is 35.9 Å². The van der Waals surface area contributed by atoms with Gasteiger partial charge in [-0.25, -0.2) is 14.2 Å². The number of nitrogens with zero attached hydrogens (tertiary/aromatic N) is 4. The van der Waals surface area contributed by atoms with E-state index in [1.807, 2.05) is 25.1 Å². The summed E-state index contributed by atoms with van der Waals surface area (Å²) in [6, 6.07) is 8.41. The molecular weight excluding hydrogens is 808 g/mol. The van der Waals surface area contributed by atoms with Crippen LogP contribution in [0.4, 0.5) is 4.39 Å². The number of fused-ring (bicyclic) bond motifs is 2. The number of hydrogen-bond donors (Lipinski definition) is 2. The molecular formula is C48H59FN6O8. The van der Waals surface area contributed by atoms with Crippen LogP contribution in [-0.4, -0.2) is 95.8 Å². The number of halogens is 1. The molecule has 0 radical (unpaired) electrons. The average molecular weight is 867 g/mol. The van der Waals surface area contributed by atoms with Gasteiger partial charge in [-0.3, -0.25) is 33.6 Å². The molecule has 3 amide bonds. The number of piperidine rings is 1. The Balaban J connectivity index is 0.865. The third kappa shape index (κ3) is 10.1. The number of ketones is 1. The van der Waals surface area contributed by atoms with Crippen LogP contribution in [0.1, 0.15) is 98.7 Å². The Morgan fingerprint density at radius 1 is 1.06 bits per heavy atom. The maximum Gasteiger partial charge on any atom is 0.329 e. The molecule has 2 aromatic heterocycles. The van der Waals surface area contributed by atoms with Gasteiger partial charge in [-0.2, -0.15) is 0 Å². The van der Waals surface area contributed by atoms with E-state index in [9.17, 15) is 28.4 Å². The number of Topliss-reactive ketones (excluding diaryl/α,β-unsaturated/α-hetero) is 1. The van der Waals surface area contributed by atoms with Crippen LogP contribution in [0.2, 0.25) is 0 Å². The number of ether oxygens (including phenoxy) is 3. The molecule has 3 fully saturated rings. The van der Waals surface area contributed by atoms with E-state index in [-0.39, 0.29) is 60.0 Å². The molecule has 336 valence electrons. The van der Waals surface area contributed by atoms with E-state index in [1.165, 1.54) is 11.7 Å². The summed E-state index contributed by atoms with van der Waals surface area (Å²) < 4.78 is 35.2. The number of aromatic nitrogens is 3. The highest BCUT2D eigenvalue weighted by Crippen LogP contribution is 2.37. The fraction of sp³-hybridized carbons (Fsp3) is 0.542. The summed E-state index contributed by atoms with van der Waals surface area (Å²) in [6.45, 7) is 5.22. The van der Waals surface area contributed by atoms with Crippen molar-refractivity contribution in [3.63, 3.8) is 0 Å². The maximum absolute atomic E-state index is 14.5. The predicted molar refractivity (Wildman–Crippen MR) is 236 cm³/mol. The van der Waals surface area contributed by atoms with Crippen molar-refractivity contribution >= 4 is 45.3 Å². The largest absolute Gasteiger partial charge is 0.496 e. The summed E-state index contributed by atoms with van der Waals surface area (Å²) in [7, 11) is 5.34. The first-order valence-corrected chi connectivity index (χ1v) is 22.3. The van der Waals surface area contributed by atoms with Gasteiger partial charge in [0, 0.05) is 80.9 Å². The Kier molecular flexibility index (Phi) is 14.6. The first kappa shape index (κ1) is 45.4. The van der Waals surface area contributed by atoms with Crippen molar-refractivity contribution in [1.29, 1.82) is 0 Å². The highest BCUT2D eigenvalue weighted by atomic mass is 19.1. The Bertz CT molecular complexity index is 2480. The van der Waals surface area contributed by atoms with Crippen LogP contribution in [0, 0.1) is 35.5 Å². The molecule has 2 unspecified atom stereocenters. The van der Waals surface area contributed by atoms with Crippen LogP contribution in [0.15, 0.2) is 41.3 Å². The number of amides is 3. The van der Waals surface area contributed by atoms with E-state index in [2.05, 4.69) is 34.1 Å². The number of primary amides is 1. The number of carbonyl (C=O) groups is 4. The van der Waals surface area contributed by atoms with Crippen LogP contribution in [0.25, 0.3) is 21.8 Å². The molecule has 1 aliphatic heterocycles. The normalized spacial score (nSPS) is 22.7. The van der Waals surface area contributed by atoms with Crippen LogP contribution >= 0.6 is 0 Å². The predicted octanol–water partition coefficient (Wildman–Crippen LogP) is 5.43. The van der Waals surface area contributed by atoms with Crippen molar-refractivity contribution in [2.45, 2.75) is 89.8 Å². The second kappa shape index (κ2) is 20.3. The van der Waals surface area contributed by atoms with Gasteiger partial charge >= 0.3 is 5.69 Å². The van der Waals surface area contributed by atoms with Gasteiger partial charge in [0.25, 0.3) is 5.91 Å². The van der Waals surface area contributed by atoms with E-state index >= 15 is 0 Å². The number of alkyl halides is 1. The van der Waals surface area contributed by atoms with Crippen LogP contribution < -0.4 is 26.2 Å². The number of methoxy groups -OCH3 is 1. The lowest BCUT2D eigenvalue weighted by Gasteiger charge is -2.29. The number of carbonyl (C=O) groups excluding carboxylic acids is 4. The zero-order valence-corrected chi connectivity index (χ0v) is 36.8. The van der Waals surface area contributed by atoms with E-state index in [1.54, 1.807) is 29.9 Å². The van der Waals surface area contributed by atoms with Gasteiger partial charge < -0.3 is 24.8 Å². The van der Waals surface area contributed by atoms with Crippen LogP contribution in [0.5, 0.6) is 11.6 Å². The lowest BCUT2D eigenvalue weighted by molar-refractivity contribution is -0.135. The number of aryl methyl sites for hydroxylation is 2. The Labute approximate surface area is 367 Å². The van der Waals surface area contributed by atoms with E-state index in [4.69, 9.17) is 19.9 Å². The van der Waals surface area contributed by atoms with Gasteiger partial charge in [0.15, 0.2) is 12.0 Å². The molecule has 2 aliphatic carbocycles. The third-order valence-corrected chi connectivity index (χ3v) is 13.2. The SMILES string of the molecule is CC[C@H]1C(COc2ncc(C#CC3CCC(CN(C)CCCOCCCc4cccc5c4n(C)c(=O)n5C4CCC(=O)NC4=O)CC3)c3cc(C(N)=O)c(OC)cc23)CC(=O)[C@H]1F. The van der Waals surface area contributed by atoms with Gasteiger partial charge in [-0.15, -0.1) is 0 Å². The van der Waals surface area contributed by atoms with Crippen LogP contribution in [0.3, 0.4) is 0 Å². The number of imide groups is 1. The van der Waals surface area contributed by atoms with Crippen molar-refractivity contribution in [3.8, 4) is 23.5 Å². The minimum atomic E-state index is -1.47. The van der Waals surface area contributed by atoms with E-state index in [0.29, 0.717) is 59.7 Å². The Morgan fingerprint density at radius 3 is 2.57 bits per heavy atom. The number of para-hydroxylation sites is 1. The highest BCUT2D eigenvalue weighted by molar-refractivity contribution is 6.03. The molecule has 2 aromatic carbocycles. The number of imidazole rings is 1. The zero-order chi connectivity index (χ0) is 44.8. The van der Waals surface area contributed by atoms with Crippen molar-refractivity contribution in [3.05, 3.63) is 63.7 Å². The minimum Gasteiger partial charge on any atom is -0.496 e. The Hall–Kier alpha value is -5.59. The summed E-state index contributed by atoms with van der Waals surface area (Å²) in [6.07, 6.45) is 7.91. The molecule has 14 nitrogen and oxygen atoms in total. The van der Waals surface area contributed by atoms with E-state index < -0.39 is 29.9 Å². The number of nitrogens with one attached hydrogen (secondary N) is 1. The molecule has 3 N–H and O–H groups in total. The van der Waals surface area contributed by atoms with Crippen molar-refractivity contribution < 1.29 is 37.8 Å². The summed E-state index contributed by atoms with van der Waals surface area (Å²) in [5.41, 5.74) is 8.84. The first-order chi connectivity index (χ1) is 30.4. The summed E-state index contributed by atoms with van der Waals surface area (Å²) >= 11 is 0. The molecule has 63 heavy (non-hydrogen) atoms. The highest BCUT2D eigenvalue weighted by Gasteiger charge is 2.42. The number of nitrogens with two attached hydrogens (primary N) is 1. The fourth-order valence-corrected chi connectivity index (χ4v) is 9.78. The molecule has 3 heterocycles. The molecule has 2 saturated carbocycles. The van der Waals surface area contributed by atoms with E-state index in [0.717, 1.165) is 69.1 Å². The molecule has 0 spiro atoms. The molecule has 0 bridgehead atoms. The van der Waals surface area contributed by atoms with Crippen LogP contribution in [-0.2, 0) is 32.6 Å². The standard InChI is InChI=1S/C48H59FN6O8/c1-5-34-33(23-40(56)43(34)49)28-63-47-36-25-41(61-4)37(45(50)58)24-35(36)32(26-51-47)17-16-29-12-14-30(15-13-29)27-53(2)20-8-22-62-21-7-10-31-9-6-11-38-44(31)54(3)48(60)55(38)39-18-19-42(57)52-46(39)59/h6,9,11,24-26,29-30,33-34,39,43H,5,7-8,10,12-15,18-23,27-28H2,1-4H3,(H2,50,58)(H,52,57,59)/t29?,30?,33?,34-,39?,43-/m0/s1. The molecule has 3 aliphatic rings. The second-order valence-electron chi connectivity index (χ2n) is 17.4. The van der Waals surface area contributed by atoms with Gasteiger partial charge in [0.1, 0.15) is 11.8 Å². The summed E-state index contributed by atoms with van der Waals surface area (Å²) in [4.78, 5) is 69.0. The minimum absolute atomic E-state index is 0.131.